The number of thiocarbonyl (C=S) groups is 1. The average Bonchev–Trinajstić information content (AvgIpc) is 3.09. The molecule has 1 saturated heterocycles. The summed E-state index contributed by atoms with van der Waals surface area (Å²) >= 11 is 5.18. The molecule has 1 fully saturated rings. The smallest absolute Gasteiger partial charge is 0.222 e. The standard InChI is InChI=1S/C21H24N4O2S/c1-13-9-15(25-21(28)24-13)11-19(26)23-12-16-10-14-5-4-6-17(20(14)27-16)18-7-2-3-8-22-18/h2-8,13,15-16H,9-12H2,1H3,(H,23,26)(H2,24,25,28)/t13-,15+,16+/m1/s1. The van der Waals surface area contributed by atoms with Gasteiger partial charge in [0.25, 0.3) is 0 Å². The van der Waals surface area contributed by atoms with Gasteiger partial charge in [0.1, 0.15) is 11.9 Å². The number of nitrogens with zero attached hydrogens (tertiary/aromatic N) is 1. The van der Waals surface area contributed by atoms with Crippen LogP contribution in [0.1, 0.15) is 25.3 Å². The van der Waals surface area contributed by atoms with Crippen LogP contribution in [0.5, 0.6) is 5.75 Å². The number of nitrogens with one attached hydrogen (secondary N) is 3. The molecule has 7 heteroatoms. The number of fused-ring (bicyclic) bond motifs is 1. The summed E-state index contributed by atoms with van der Waals surface area (Å²) in [4.78, 5) is 16.8. The lowest BCUT2D eigenvalue weighted by Crippen LogP contribution is -2.54. The Morgan fingerprint density at radius 1 is 1.29 bits per heavy atom. The number of ether oxygens (including phenoxy) is 1. The molecule has 0 aliphatic carbocycles. The molecule has 1 aromatic carbocycles. The van der Waals surface area contributed by atoms with Gasteiger partial charge in [0.2, 0.25) is 5.91 Å². The van der Waals surface area contributed by atoms with Crippen molar-refractivity contribution in [3.8, 4) is 17.0 Å². The SMILES string of the molecule is C[C@@H]1C[C@@H](CC(=O)NC[C@@H]2Cc3cccc(-c4ccccn4)c3O2)NC(=S)N1. The van der Waals surface area contributed by atoms with Gasteiger partial charge in [0.15, 0.2) is 5.11 Å². The van der Waals surface area contributed by atoms with Crippen LogP contribution in [0.15, 0.2) is 42.6 Å². The van der Waals surface area contributed by atoms with Crippen molar-refractivity contribution in [1.29, 1.82) is 0 Å². The lowest BCUT2D eigenvalue weighted by Gasteiger charge is -2.30. The number of amides is 1. The van der Waals surface area contributed by atoms with Crippen LogP contribution in [0.3, 0.4) is 0 Å². The van der Waals surface area contributed by atoms with Gasteiger partial charge in [-0.15, -0.1) is 0 Å². The molecule has 0 saturated carbocycles. The monoisotopic (exact) mass is 396 g/mol. The summed E-state index contributed by atoms with van der Waals surface area (Å²) in [6.45, 7) is 2.56. The maximum absolute atomic E-state index is 12.4. The molecule has 1 aromatic heterocycles. The third-order valence-corrected chi connectivity index (χ3v) is 5.31. The van der Waals surface area contributed by atoms with E-state index in [-0.39, 0.29) is 24.1 Å². The van der Waals surface area contributed by atoms with Crippen LogP contribution in [0.2, 0.25) is 0 Å². The first-order valence-electron chi connectivity index (χ1n) is 9.62. The Labute approximate surface area is 170 Å². The lowest BCUT2D eigenvalue weighted by atomic mass is 10.0. The molecule has 3 heterocycles. The third-order valence-electron chi connectivity index (χ3n) is 5.08. The molecule has 2 aliphatic rings. The molecule has 28 heavy (non-hydrogen) atoms. The van der Waals surface area contributed by atoms with Crippen molar-refractivity contribution >= 4 is 23.2 Å². The molecule has 4 rings (SSSR count). The summed E-state index contributed by atoms with van der Waals surface area (Å²) in [6, 6.07) is 12.3. The zero-order valence-electron chi connectivity index (χ0n) is 15.8. The lowest BCUT2D eigenvalue weighted by molar-refractivity contribution is -0.121. The number of pyridine rings is 1. The quantitative estimate of drug-likeness (QED) is 0.673. The molecule has 0 bridgehead atoms. The van der Waals surface area contributed by atoms with Gasteiger partial charge in [-0.2, -0.15) is 0 Å². The summed E-state index contributed by atoms with van der Waals surface area (Å²) in [5, 5.41) is 9.95. The first-order valence-corrected chi connectivity index (χ1v) is 10.0. The van der Waals surface area contributed by atoms with Gasteiger partial charge in [0.05, 0.1) is 12.2 Å². The van der Waals surface area contributed by atoms with E-state index in [1.807, 2.05) is 30.3 Å². The van der Waals surface area contributed by atoms with Gasteiger partial charge in [-0.05, 0) is 49.3 Å². The highest BCUT2D eigenvalue weighted by atomic mass is 32.1. The molecule has 6 nitrogen and oxygen atoms in total. The van der Waals surface area contributed by atoms with Crippen LogP contribution < -0.4 is 20.7 Å². The summed E-state index contributed by atoms with van der Waals surface area (Å²) in [6.07, 6.45) is 3.77. The van der Waals surface area contributed by atoms with Gasteiger partial charge in [-0.3, -0.25) is 9.78 Å². The predicted molar refractivity (Wildman–Crippen MR) is 112 cm³/mol. The zero-order chi connectivity index (χ0) is 19.5. The Balaban J connectivity index is 1.33. The average molecular weight is 397 g/mol. The first-order chi connectivity index (χ1) is 13.6. The number of rotatable bonds is 5. The van der Waals surface area contributed by atoms with Crippen molar-refractivity contribution in [3.05, 3.63) is 48.2 Å². The van der Waals surface area contributed by atoms with Crippen molar-refractivity contribution in [1.82, 2.24) is 20.9 Å². The summed E-state index contributed by atoms with van der Waals surface area (Å²) in [5.74, 6) is 0.888. The van der Waals surface area contributed by atoms with E-state index in [4.69, 9.17) is 17.0 Å². The number of aromatic nitrogens is 1. The van der Waals surface area contributed by atoms with Crippen LogP contribution >= 0.6 is 12.2 Å². The Hall–Kier alpha value is -2.67. The summed E-state index contributed by atoms with van der Waals surface area (Å²) in [7, 11) is 0. The Bertz CT molecular complexity index is 874. The van der Waals surface area contributed by atoms with Crippen molar-refractivity contribution in [2.24, 2.45) is 0 Å². The van der Waals surface area contributed by atoms with E-state index in [0.29, 0.717) is 18.1 Å². The molecule has 3 atom stereocenters. The van der Waals surface area contributed by atoms with E-state index in [9.17, 15) is 4.79 Å². The van der Waals surface area contributed by atoms with Gasteiger partial charge in [-0.25, -0.2) is 0 Å². The second kappa shape index (κ2) is 8.14. The fourth-order valence-corrected chi connectivity index (χ4v) is 4.20. The van der Waals surface area contributed by atoms with E-state index in [0.717, 1.165) is 35.4 Å². The largest absolute Gasteiger partial charge is 0.487 e. The minimum Gasteiger partial charge on any atom is -0.487 e. The van der Waals surface area contributed by atoms with E-state index >= 15 is 0 Å². The molecular formula is C21H24N4O2S. The number of carbonyl (C=O) groups excluding carboxylic acids is 1. The number of carbonyl (C=O) groups is 1. The Morgan fingerprint density at radius 2 is 2.18 bits per heavy atom. The van der Waals surface area contributed by atoms with Crippen LogP contribution in [0, 0.1) is 0 Å². The summed E-state index contributed by atoms with van der Waals surface area (Å²) < 4.78 is 6.17. The fraction of sp³-hybridized carbons (Fsp3) is 0.381. The predicted octanol–water partition coefficient (Wildman–Crippen LogP) is 2.18. The number of hydrogen-bond acceptors (Lipinski definition) is 4. The van der Waals surface area contributed by atoms with Crippen molar-refractivity contribution < 1.29 is 9.53 Å². The van der Waals surface area contributed by atoms with Gasteiger partial charge >= 0.3 is 0 Å². The van der Waals surface area contributed by atoms with Crippen LogP contribution in [0.4, 0.5) is 0 Å². The van der Waals surface area contributed by atoms with E-state index in [2.05, 4.69) is 33.9 Å². The fourth-order valence-electron chi connectivity index (χ4n) is 3.83. The number of para-hydroxylation sites is 1. The van der Waals surface area contributed by atoms with Crippen molar-refractivity contribution in [2.75, 3.05) is 6.54 Å². The minimum atomic E-state index is -0.0650. The normalized spacial score (nSPS) is 23.2. The molecule has 0 unspecified atom stereocenters. The highest BCUT2D eigenvalue weighted by Gasteiger charge is 2.27. The molecule has 0 spiro atoms. The first kappa shape index (κ1) is 18.7. The maximum Gasteiger partial charge on any atom is 0.222 e. The molecule has 3 N–H and O–H groups in total. The Morgan fingerprint density at radius 3 is 2.96 bits per heavy atom. The second-order valence-electron chi connectivity index (χ2n) is 7.41. The number of hydrogen-bond donors (Lipinski definition) is 3. The van der Waals surface area contributed by atoms with E-state index < -0.39 is 0 Å². The second-order valence-corrected chi connectivity index (χ2v) is 7.82. The topological polar surface area (TPSA) is 75.3 Å². The third kappa shape index (κ3) is 4.25. The highest BCUT2D eigenvalue weighted by molar-refractivity contribution is 7.80. The van der Waals surface area contributed by atoms with Crippen LogP contribution in [0.25, 0.3) is 11.3 Å². The minimum absolute atomic E-state index is 0.0129. The van der Waals surface area contributed by atoms with Crippen molar-refractivity contribution in [2.45, 2.75) is 44.4 Å². The maximum atomic E-state index is 12.4. The molecule has 146 valence electrons. The van der Waals surface area contributed by atoms with Gasteiger partial charge in [-0.1, -0.05) is 18.2 Å². The Kier molecular flexibility index (Phi) is 5.43. The molecule has 2 aromatic rings. The van der Waals surface area contributed by atoms with Crippen LogP contribution in [-0.4, -0.2) is 40.7 Å². The highest BCUT2D eigenvalue weighted by Crippen LogP contribution is 2.37. The van der Waals surface area contributed by atoms with Crippen molar-refractivity contribution in [3.63, 3.8) is 0 Å². The number of benzene rings is 1. The van der Waals surface area contributed by atoms with Gasteiger partial charge in [0, 0.05) is 36.7 Å². The molecule has 1 amide bonds. The zero-order valence-corrected chi connectivity index (χ0v) is 16.6. The van der Waals surface area contributed by atoms with E-state index in [1.165, 1.54) is 0 Å². The molecule has 0 radical (unpaired) electrons. The molecule has 2 aliphatic heterocycles. The summed E-state index contributed by atoms with van der Waals surface area (Å²) in [5.41, 5.74) is 3.04. The molecular weight excluding hydrogens is 372 g/mol. The van der Waals surface area contributed by atoms with Gasteiger partial charge < -0.3 is 20.7 Å². The van der Waals surface area contributed by atoms with E-state index in [1.54, 1.807) is 6.20 Å². The van der Waals surface area contributed by atoms with Crippen LogP contribution in [-0.2, 0) is 11.2 Å².